The summed E-state index contributed by atoms with van der Waals surface area (Å²) in [5.41, 5.74) is 2.24. The van der Waals surface area contributed by atoms with E-state index in [0.717, 1.165) is 17.2 Å². The fourth-order valence-electron chi connectivity index (χ4n) is 2.16. The molecule has 0 fully saturated rings. The standard InChI is InChI=1S/C16H16N2OS/c19-11-10-18(12-13-6-2-1-3-7-13)16-17-14-8-4-5-9-15(14)20-16/h1-9,19H,10-12H2. The average molecular weight is 284 g/mol. The van der Waals surface area contributed by atoms with E-state index in [1.165, 1.54) is 10.3 Å². The number of aliphatic hydroxyl groups excluding tert-OH is 1. The third-order valence-corrected chi connectivity index (χ3v) is 4.24. The zero-order valence-corrected chi connectivity index (χ0v) is 11.9. The summed E-state index contributed by atoms with van der Waals surface area (Å²) in [5.74, 6) is 0. The van der Waals surface area contributed by atoms with Gasteiger partial charge in [-0.2, -0.15) is 0 Å². The number of aromatic nitrogens is 1. The van der Waals surface area contributed by atoms with Gasteiger partial charge in [0.15, 0.2) is 5.13 Å². The molecule has 2 aromatic carbocycles. The largest absolute Gasteiger partial charge is 0.395 e. The van der Waals surface area contributed by atoms with Crippen molar-refractivity contribution in [2.24, 2.45) is 0 Å². The molecule has 0 atom stereocenters. The third-order valence-electron chi connectivity index (χ3n) is 3.14. The van der Waals surface area contributed by atoms with Crippen molar-refractivity contribution in [2.45, 2.75) is 6.54 Å². The molecule has 0 saturated heterocycles. The van der Waals surface area contributed by atoms with Crippen LogP contribution in [0.4, 0.5) is 5.13 Å². The highest BCUT2D eigenvalue weighted by molar-refractivity contribution is 7.22. The molecule has 0 amide bonds. The van der Waals surface area contributed by atoms with Gasteiger partial charge in [-0.3, -0.25) is 0 Å². The van der Waals surface area contributed by atoms with E-state index in [-0.39, 0.29) is 6.61 Å². The van der Waals surface area contributed by atoms with Gasteiger partial charge in [0.25, 0.3) is 0 Å². The lowest BCUT2D eigenvalue weighted by atomic mass is 10.2. The van der Waals surface area contributed by atoms with Crippen LogP contribution in [0.3, 0.4) is 0 Å². The van der Waals surface area contributed by atoms with Crippen molar-refractivity contribution < 1.29 is 5.11 Å². The first-order chi connectivity index (χ1) is 9.86. The Bertz CT molecular complexity index is 648. The summed E-state index contributed by atoms with van der Waals surface area (Å²) in [5, 5.41) is 10.2. The lowest BCUT2D eigenvalue weighted by molar-refractivity contribution is 0.301. The van der Waals surface area contributed by atoms with E-state index >= 15 is 0 Å². The Morgan fingerprint density at radius 3 is 2.50 bits per heavy atom. The van der Waals surface area contributed by atoms with Crippen molar-refractivity contribution in [3.63, 3.8) is 0 Å². The molecule has 1 N–H and O–H groups in total. The van der Waals surface area contributed by atoms with Crippen LogP contribution in [0.5, 0.6) is 0 Å². The van der Waals surface area contributed by atoms with E-state index in [1.807, 2.05) is 36.4 Å². The minimum Gasteiger partial charge on any atom is -0.395 e. The first-order valence-corrected chi connectivity index (χ1v) is 7.44. The molecular weight excluding hydrogens is 268 g/mol. The Labute approximate surface area is 122 Å². The second-order valence-electron chi connectivity index (χ2n) is 4.59. The molecule has 20 heavy (non-hydrogen) atoms. The molecule has 1 aromatic heterocycles. The highest BCUT2D eigenvalue weighted by atomic mass is 32.1. The second kappa shape index (κ2) is 6.03. The van der Waals surface area contributed by atoms with Crippen LogP contribution in [0.15, 0.2) is 54.6 Å². The lowest BCUT2D eigenvalue weighted by Crippen LogP contribution is -2.25. The molecule has 3 aromatic rings. The van der Waals surface area contributed by atoms with Crippen LogP contribution < -0.4 is 4.90 Å². The van der Waals surface area contributed by atoms with Crippen molar-refractivity contribution in [1.29, 1.82) is 0 Å². The molecule has 3 rings (SSSR count). The van der Waals surface area contributed by atoms with Crippen molar-refractivity contribution in [3.8, 4) is 0 Å². The molecule has 0 aliphatic heterocycles. The molecule has 0 saturated carbocycles. The quantitative estimate of drug-likeness (QED) is 0.781. The van der Waals surface area contributed by atoms with E-state index < -0.39 is 0 Å². The van der Waals surface area contributed by atoms with Crippen molar-refractivity contribution >= 4 is 26.7 Å². The molecule has 4 heteroatoms. The topological polar surface area (TPSA) is 36.4 Å². The number of anilines is 1. The average Bonchev–Trinajstić information content (AvgIpc) is 2.92. The van der Waals surface area contributed by atoms with E-state index in [1.54, 1.807) is 11.3 Å². The molecule has 0 radical (unpaired) electrons. The summed E-state index contributed by atoms with van der Waals surface area (Å²) < 4.78 is 1.18. The highest BCUT2D eigenvalue weighted by Crippen LogP contribution is 2.29. The zero-order chi connectivity index (χ0) is 13.8. The van der Waals surface area contributed by atoms with Crippen molar-refractivity contribution in [1.82, 2.24) is 4.98 Å². The second-order valence-corrected chi connectivity index (χ2v) is 5.60. The van der Waals surface area contributed by atoms with Crippen LogP contribution in [0.25, 0.3) is 10.2 Å². The summed E-state index contributed by atoms with van der Waals surface area (Å²) in [4.78, 5) is 6.79. The van der Waals surface area contributed by atoms with Crippen LogP contribution in [-0.4, -0.2) is 23.2 Å². The zero-order valence-electron chi connectivity index (χ0n) is 11.1. The Kier molecular flexibility index (Phi) is 3.95. The summed E-state index contributed by atoms with van der Waals surface area (Å²) in [6.45, 7) is 1.48. The fraction of sp³-hybridized carbons (Fsp3) is 0.188. The number of fused-ring (bicyclic) bond motifs is 1. The number of hydrogen-bond acceptors (Lipinski definition) is 4. The monoisotopic (exact) mass is 284 g/mol. The molecule has 0 spiro atoms. The van der Waals surface area contributed by atoms with Gasteiger partial charge in [0.2, 0.25) is 0 Å². The Balaban J connectivity index is 1.89. The normalized spacial score (nSPS) is 10.8. The van der Waals surface area contributed by atoms with Crippen molar-refractivity contribution in [3.05, 3.63) is 60.2 Å². The maximum absolute atomic E-state index is 9.29. The Morgan fingerprint density at radius 1 is 1.00 bits per heavy atom. The fourth-order valence-corrected chi connectivity index (χ4v) is 3.15. The van der Waals surface area contributed by atoms with Crippen molar-refractivity contribution in [2.75, 3.05) is 18.1 Å². The van der Waals surface area contributed by atoms with Crippen LogP contribution in [0.1, 0.15) is 5.56 Å². The van der Waals surface area contributed by atoms with Gasteiger partial charge in [0, 0.05) is 13.1 Å². The first-order valence-electron chi connectivity index (χ1n) is 6.62. The van der Waals surface area contributed by atoms with Crippen LogP contribution >= 0.6 is 11.3 Å². The summed E-state index contributed by atoms with van der Waals surface area (Å²) in [7, 11) is 0. The number of aliphatic hydroxyl groups is 1. The first kappa shape index (κ1) is 13.1. The van der Waals surface area contributed by atoms with Gasteiger partial charge in [0.05, 0.1) is 16.8 Å². The summed E-state index contributed by atoms with van der Waals surface area (Å²) in [6, 6.07) is 18.4. The predicted molar refractivity (Wildman–Crippen MR) is 84.2 cm³/mol. The minimum absolute atomic E-state index is 0.128. The summed E-state index contributed by atoms with van der Waals surface area (Å²) in [6.07, 6.45) is 0. The molecule has 3 nitrogen and oxygen atoms in total. The molecular formula is C16H16N2OS. The number of benzene rings is 2. The van der Waals surface area contributed by atoms with E-state index in [0.29, 0.717) is 6.54 Å². The maximum atomic E-state index is 9.29. The third kappa shape index (κ3) is 2.81. The molecule has 1 heterocycles. The Hall–Kier alpha value is -1.91. The lowest BCUT2D eigenvalue weighted by Gasteiger charge is -2.20. The van der Waals surface area contributed by atoms with Gasteiger partial charge >= 0.3 is 0 Å². The minimum atomic E-state index is 0.128. The molecule has 0 aliphatic rings. The van der Waals surface area contributed by atoms with Gasteiger partial charge in [0.1, 0.15) is 0 Å². The highest BCUT2D eigenvalue weighted by Gasteiger charge is 2.12. The smallest absolute Gasteiger partial charge is 0.186 e. The van der Waals surface area contributed by atoms with E-state index in [4.69, 9.17) is 0 Å². The SMILES string of the molecule is OCCN(Cc1ccccc1)c1nc2ccccc2s1. The number of thiazole rings is 1. The maximum Gasteiger partial charge on any atom is 0.186 e. The molecule has 102 valence electrons. The van der Waals surface area contributed by atoms with Crippen LogP contribution in [0.2, 0.25) is 0 Å². The number of hydrogen-bond donors (Lipinski definition) is 1. The van der Waals surface area contributed by atoms with Gasteiger partial charge in [-0.1, -0.05) is 53.8 Å². The van der Waals surface area contributed by atoms with Crippen LogP contribution in [0, 0.1) is 0 Å². The van der Waals surface area contributed by atoms with Gasteiger partial charge < -0.3 is 10.0 Å². The predicted octanol–water partition coefficient (Wildman–Crippen LogP) is 3.30. The number of rotatable bonds is 5. The van der Waals surface area contributed by atoms with Gasteiger partial charge in [-0.15, -0.1) is 0 Å². The number of para-hydroxylation sites is 1. The van der Waals surface area contributed by atoms with E-state index in [9.17, 15) is 5.11 Å². The molecule has 0 unspecified atom stereocenters. The van der Waals surface area contributed by atoms with Crippen LogP contribution in [-0.2, 0) is 6.54 Å². The van der Waals surface area contributed by atoms with Gasteiger partial charge in [-0.05, 0) is 17.7 Å². The van der Waals surface area contributed by atoms with E-state index in [2.05, 4.69) is 28.1 Å². The van der Waals surface area contributed by atoms with Gasteiger partial charge in [-0.25, -0.2) is 4.98 Å². The molecule has 0 aliphatic carbocycles. The Morgan fingerprint density at radius 2 is 1.75 bits per heavy atom. The number of nitrogens with zero attached hydrogens (tertiary/aromatic N) is 2. The summed E-state index contributed by atoms with van der Waals surface area (Å²) >= 11 is 1.67. The molecule has 0 bridgehead atoms.